The van der Waals surface area contributed by atoms with Crippen LogP contribution in [0.4, 0.5) is 0 Å². The zero-order valence-electron chi connectivity index (χ0n) is 12.5. The van der Waals surface area contributed by atoms with E-state index in [1.807, 2.05) is 6.92 Å². The number of sulfonamides is 2. The molecule has 124 valence electrons. The SMILES string of the molecule is CNS(=O)(=O)c1ccc(S(=O)(=O)NC2CCNCC2C)cc1. The van der Waals surface area contributed by atoms with Crippen molar-refractivity contribution in [2.24, 2.45) is 5.92 Å². The van der Waals surface area contributed by atoms with Gasteiger partial charge in [-0.05, 0) is 56.7 Å². The number of hydrogen-bond acceptors (Lipinski definition) is 5. The smallest absolute Gasteiger partial charge is 0.240 e. The van der Waals surface area contributed by atoms with Gasteiger partial charge < -0.3 is 5.32 Å². The van der Waals surface area contributed by atoms with Crippen LogP contribution in [-0.2, 0) is 20.0 Å². The molecule has 1 aliphatic heterocycles. The summed E-state index contributed by atoms with van der Waals surface area (Å²) in [5, 5.41) is 3.21. The van der Waals surface area contributed by atoms with Gasteiger partial charge in [0.15, 0.2) is 0 Å². The van der Waals surface area contributed by atoms with Crippen LogP contribution in [0.25, 0.3) is 0 Å². The minimum atomic E-state index is -3.65. The van der Waals surface area contributed by atoms with Crippen LogP contribution in [0.2, 0.25) is 0 Å². The molecule has 0 spiro atoms. The molecular weight excluding hydrogens is 326 g/mol. The van der Waals surface area contributed by atoms with Gasteiger partial charge in [0.2, 0.25) is 20.0 Å². The Bertz CT molecular complexity index is 714. The van der Waals surface area contributed by atoms with Crippen LogP contribution in [0.1, 0.15) is 13.3 Å². The Morgan fingerprint density at radius 3 is 2.09 bits per heavy atom. The summed E-state index contributed by atoms with van der Waals surface area (Å²) in [5.41, 5.74) is 0. The van der Waals surface area contributed by atoms with E-state index in [0.29, 0.717) is 0 Å². The molecule has 1 saturated heterocycles. The molecule has 1 fully saturated rings. The Balaban J connectivity index is 2.19. The highest BCUT2D eigenvalue weighted by molar-refractivity contribution is 7.90. The Labute approximate surface area is 131 Å². The summed E-state index contributed by atoms with van der Waals surface area (Å²) in [5.74, 6) is 0.201. The molecule has 0 bridgehead atoms. The summed E-state index contributed by atoms with van der Waals surface area (Å²) in [6.45, 7) is 3.53. The van der Waals surface area contributed by atoms with E-state index in [1.165, 1.54) is 31.3 Å². The molecule has 1 aliphatic rings. The number of nitrogens with one attached hydrogen (secondary N) is 3. The molecule has 2 atom stereocenters. The predicted molar refractivity (Wildman–Crippen MR) is 83.4 cm³/mol. The fourth-order valence-electron chi connectivity index (χ4n) is 2.37. The van der Waals surface area contributed by atoms with Gasteiger partial charge in [0.25, 0.3) is 0 Å². The highest BCUT2D eigenvalue weighted by Gasteiger charge is 2.26. The molecule has 0 radical (unpaired) electrons. The van der Waals surface area contributed by atoms with Gasteiger partial charge in [0, 0.05) is 6.04 Å². The van der Waals surface area contributed by atoms with Crippen LogP contribution < -0.4 is 14.8 Å². The zero-order chi connectivity index (χ0) is 16.4. The summed E-state index contributed by atoms with van der Waals surface area (Å²) in [6, 6.07) is 5.06. The van der Waals surface area contributed by atoms with Gasteiger partial charge in [0.1, 0.15) is 0 Å². The van der Waals surface area contributed by atoms with Gasteiger partial charge in [-0.3, -0.25) is 0 Å². The maximum Gasteiger partial charge on any atom is 0.240 e. The van der Waals surface area contributed by atoms with E-state index >= 15 is 0 Å². The molecule has 22 heavy (non-hydrogen) atoms. The first-order chi connectivity index (χ1) is 10.3. The molecule has 1 aromatic carbocycles. The van der Waals surface area contributed by atoms with E-state index in [9.17, 15) is 16.8 Å². The van der Waals surface area contributed by atoms with E-state index in [0.717, 1.165) is 19.5 Å². The van der Waals surface area contributed by atoms with Crippen molar-refractivity contribution < 1.29 is 16.8 Å². The lowest BCUT2D eigenvalue weighted by molar-refractivity contribution is 0.328. The van der Waals surface area contributed by atoms with Gasteiger partial charge in [-0.1, -0.05) is 6.92 Å². The lowest BCUT2D eigenvalue weighted by Gasteiger charge is -2.29. The Morgan fingerprint density at radius 1 is 1.05 bits per heavy atom. The molecule has 1 heterocycles. The van der Waals surface area contributed by atoms with Gasteiger partial charge in [-0.15, -0.1) is 0 Å². The lowest BCUT2D eigenvalue weighted by Crippen LogP contribution is -2.48. The highest BCUT2D eigenvalue weighted by Crippen LogP contribution is 2.17. The number of rotatable bonds is 5. The average molecular weight is 347 g/mol. The molecule has 1 aromatic rings. The summed E-state index contributed by atoms with van der Waals surface area (Å²) < 4.78 is 52.9. The van der Waals surface area contributed by atoms with Crippen LogP contribution in [0, 0.1) is 5.92 Å². The van der Waals surface area contributed by atoms with Crippen molar-refractivity contribution in [1.82, 2.24) is 14.8 Å². The standard InChI is InChI=1S/C13H21N3O4S2/c1-10-9-15-8-7-13(10)16-22(19,20)12-5-3-11(4-6-12)21(17,18)14-2/h3-6,10,13-16H,7-9H2,1-2H3. The fraction of sp³-hybridized carbons (Fsp3) is 0.538. The van der Waals surface area contributed by atoms with Crippen molar-refractivity contribution in [2.45, 2.75) is 29.2 Å². The van der Waals surface area contributed by atoms with E-state index in [2.05, 4.69) is 14.8 Å². The topological polar surface area (TPSA) is 104 Å². The number of piperidine rings is 1. The number of hydrogen-bond donors (Lipinski definition) is 3. The number of benzene rings is 1. The van der Waals surface area contributed by atoms with Gasteiger partial charge in [-0.25, -0.2) is 26.3 Å². The normalized spacial score (nSPS) is 23.4. The van der Waals surface area contributed by atoms with Gasteiger partial charge >= 0.3 is 0 Å². The third-order valence-electron chi connectivity index (χ3n) is 3.80. The maximum atomic E-state index is 12.4. The quantitative estimate of drug-likeness (QED) is 0.688. The fourth-order valence-corrected chi connectivity index (χ4v) is 4.48. The van der Waals surface area contributed by atoms with Crippen LogP contribution >= 0.6 is 0 Å². The van der Waals surface area contributed by atoms with Crippen LogP contribution in [0.3, 0.4) is 0 Å². The van der Waals surface area contributed by atoms with Crippen molar-refractivity contribution in [3.8, 4) is 0 Å². The first-order valence-electron chi connectivity index (χ1n) is 7.03. The summed E-state index contributed by atoms with van der Waals surface area (Å²) in [4.78, 5) is 0.0949. The second kappa shape index (κ2) is 6.63. The van der Waals surface area contributed by atoms with E-state index in [-0.39, 0.29) is 21.8 Å². The average Bonchev–Trinajstić information content (AvgIpc) is 2.49. The summed E-state index contributed by atoms with van der Waals surface area (Å²) >= 11 is 0. The van der Waals surface area contributed by atoms with E-state index in [4.69, 9.17) is 0 Å². The van der Waals surface area contributed by atoms with Crippen LogP contribution in [-0.4, -0.2) is 43.0 Å². The largest absolute Gasteiger partial charge is 0.316 e. The maximum absolute atomic E-state index is 12.4. The third-order valence-corrected chi connectivity index (χ3v) is 6.74. The van der Waals surface area contributed by atoms with Gasteiger partial charge in [0.05, 0.1) is 9.79 Å². The van der Waals surface area contributed by atoms with Crippen LogP contribution in [0.15, 0.2) is 34.1 Å². The molecule has 2 rings (SSSR count). The highest BCUT2D eigenvalue weighted by atomic mass is 32.2. The molecule has 0 amide bonds. The predicted octanol–water partition coefficient (Wildman–Crippen LogP) is -0.129. The molecule has 3 N–H and O–H groups in total. The molecule has 0 aliphatic carbocycles. The van der Waals surface area contributed by atoms with E-state index in [1.54, 1.807) is 0 Å². The second-order valence-electron chi connectivity index (χ2n) is 5.38. The molecule has 7 nitrogen and oxygen atoms in total. The minimum absolute atomic E-state index is 0.0317. The van der Waals surface area contributed by atoms with Gasteiger partial charge in [-0.2, -0.15) is 0 Å². The van der Waals surface area contributed by atoms with E-state index < -0.39 is 20.0 Å². The Hall–Kier alpha value is -1.00. The summed E-state index contributed by atoms with van der Waals surface area (Å²) in [7, 11) is -5.92. The second-order valence-corrected chi connectivity index (χ2v) is 8.98. The van der Waals surface area contributed by atoms with Crippen molar-refractivity contribution in [3.05, 3.63) is 24.3 Å². The Kier molecular flexibility index (Phi) is 5.23. The first kappa shape index (κ1) is 17.4. The lowest BCUT2D eigenvalue weighted by atomic mass is 9.97. The zero-order valence-corrected chi connectivity index (χ0v) is 14.2. The molecule has 9 heteroatoms. The molecule has 0 aromatic heterocycles. The van der Waals surface area contributed by atoms with Crippen molar-refractivity contribution in [2.75, 3.05) is 20.1 Å². The molecular formula is C13H21N3O4S2. The third kappa shape index (κ3) is 3.85. The molecule has 0 saturated carbocycles. The van der Waals surface area contributed by atoms with Crippen molar-refractivity contribution >= 4 is 20.0 Å². The molecule has 2 unspecified atom stereocenters. The van der Waals surface area contributed by atoms with Crippen LogP contribution in [0.5, 0.6) is 0 Å². The minimum Gasteiger partial charge on any atom is -0.316 e. The van der Waals surface area contributed by atoms with Crippen molar-refractivity contribution in [1.29, 1.82) is 0 Å². The van der Waals surface area contributed by atoms with Crippen molar-refractivity contribution in [3.63, 3.8) is 0 Å². The first-order valence-corrected chi connectivity index (χ1v) is 9.99. The summed E-state index contributed by atoms with van der Waals surface area (Å²) in [6.07, 6.45) is 0.729. The Morgan fingerprint density at radius 2 is 1.59 bits per heavy atom. The monoisotopic (exact) mass is 347 g/mol.